The molecule has 0 bridgehead atoms. The zero-order chi connectivity index (χ0) is 14.9. The minimum absolute atomic E-state index is 0.0732. The highest BCUT2D eigenvalue weighted by molar-refractivity contribution is 6.00. The summed E-state index contributed by atoms with van der Waals surface area (Å²) in [5.74, 6) is 0.797. The van der Waals surface area contributed by atoms with Crippen molar-refractivity contribution in [2.45, 2.75) is 34.1 Å². The smallest absolute Gasteiger partial charge is 0.160 e. The van der Waals surface area contributed by atoms with Crippen LogP contribution in [0.1, 0.15) is 50.0 Å². The molecular weight excluding hydrogens is 248 g/mol. The van der Waals surface area contributed by atoms with E-state index in [1.165, 1.54) is 11.1 Å². The minimum Gasteiger partial charge on any atom is -0.497 e. The molecule has 106 valence electrons. The maximum absolute atomic E-state index is 11.9. The van der Waals surface area contributed by atoms with Crippen molar-refractivity contribution in [1.82, 2.24) is 0 Å². The molecule has 1 aliphatic rings. The molecule has 0 N–H and O–H groups in total. The molecule has 0 unspecified atom stereocenters. The summed E-state index contributed by atoms with van der Waals surface area (Å²) < 4.78 is 5.21. The number of ether oxygens (including phenoxy) is 1. The normalized spacial score (nSPS) is 14.8. The summed E-state index contributed by atoms with van der Waals surface area (Å²) in [4.78, 5) is 11.9. The van der Waals surface area contributed by atoms with E-state index in [-0.39, 0.29) is 11.2 Å². The standard InChI is InChI=1S/C18H22O2/c1-12(19)17-11-15(20-5)8-9-16(17)13-6-7-14(10-13)18(2,3)4/h7-11H,6H2,1-5H3. The molecule has 0 spiro atoms. The second kappa shape index (κ2) is 5.28. The number of carbonyl (C=O) groups excluding carboxylic acids is 1. The van der Waals surface area contributed by atoms with Crippen LogP contribution in [0.4, 0.5) is 0 Å². The van der Waals surface area contributed by atoms with Gasteiger partial charge in [0.05, 0.1) is 7.11 Å². The summed E-state index contributed by atoms with van der Waals surface area (Å²) in [5, 5.41) is 0. The first-order valence-corrected chi connectivity index (χ1v) is 6.93. The predicted octanol–water partition coefficient (Wildman–Crippen LogP) is 4.66. The lowest BCUT2D eigenvalue weighted by Crippen LogP contribution is -2.06. The molecular formula is C18H22O2. The van der Waals surface area contributed by atoms with Gasteiger partial charge in [-0.25, -0.2) is 0 Å². The molecule has 0 amide bonds. The first-order chi connectivity index (χ1) is 9.32. The molecule has 0 heterocycles. The first-order valence-electron chi connectivity index (χ1n) is 6.93. The zero-order valence-electron chi connectivity index (χ0n) is 12.9. The van der Waals surface area contributed by atoms with Crippen LogP contribution in [-0.4, -0.2) is 12.9 Å². The third-order valence-corrected chi connectivity index (χ3v) is 3.69. The van der Waals surface area contributed by atoms with Gasteiger partial charge in [-0.05, 0) is 47.6 Å². The van der Waals surface area contributed by atoms with E-state index in [4.69, 9.17) is 4.74 Å². The van der Waals surface area contributed by atoms with Crippen molar-refractivity contribution in [3.63, 3.8) is 0 Å². The lowest BCUT2D eigenvalue weighted by molar-refractivity contribution is 0.101. The zero-order valence-corrected chi connectivity index (χ0v) is 12.9. The summed E-state index contributed by atoms with van der Waals surface area (Å²) in [7, 11) is 1.62. The van der Waals surface area contributed by atoms with Crippen LogP contribution in [0.15, 0.2) is 35.9 Å². The number of hydrogen-bond donors (Lipinski definition) is 0. The van der Waals surface area contributed by atoms with Crippen LogP contribution in [0, 0.1) is 5.41 Å². The Labute approximate surface area is 121 Å². The van der Waals surface area contributed by atoms with E-state index in [1.54, 1.807) is 14.0 Å². The van der Waals surface area contributed by atoms with Gasteiger partial charge in [0, 0.05) is 5.56 Å². The van der Waals surface area contributed by atoms with Crippen LogP contribution in [0.5, 0.6) is 5.75 Å². The van der Waals surface area contributed by atoms with Gasteiger partial charge in [-0.3, -0.25) is 4.79 Å². The van der Waals surface area contributed by atoms with Gasteiger partial charge < -0.3 is 4.74 Å². The van der Waals surface area contributed by atoms with E-state index in [2.05, 4.69) is 32.9 Å². The summed E-state index contributed by atoms with van der Waals surface area (Å²) in [6.07, 6.45) is 5.36. The third-order valence-electron chi connectivity index (χ3n) is 3.69. The molecule has 0 fully saturated rings. The van der Waals surface area contributed by atoms with Crippen LogP contribution >= 0.6 is 0 Å². The van der Waals surface area contributed by atoms with Crippen molar-refractivity contribution in [3.8, 4) is 5.75 Å². The van der Waals surface area contributed by atoms with Crippen molar-refractivity contribution in [2.24, 2.45) is 5.41 Å². The number of benzene rings is 1. The molecule has 0 saturated carbocycles. The molecule has 2 nitrogen and oxygen atoms in total. The second-order valence-electron chi connectivity index (χ2n) is 6.25. The van der Waals surface area contributed by atoms with Crippen LogP contribution in [0.2, 0.25) is 0 Å². The van der Waals surface area contributed by atoms with E-state index < -0.39 is 0 Å². The van der Waals surface area contributed by atoms with Gasteiger partial charge in [0.15, 0.2) is 5.78 Å². The molecule has 1 aromatic rings. The Bertz CT molecular complexity index is 598. The fraction of sp³-hybridized carbons (Fsp3) is 0.389. The molecule has 20 heavy (non-hydrogen) atoms. The highest BCUT2D eigenvalue weighted by Gasteiger charge is 2.21. The molecule has 0 atom stereocenters. The number of methoxy groups -OCH3 is 1. The molecule has 1 aliphatic carbocycles. The molecule has 0 aromatic heterocycles. The molecule has 2 rings (SSSR count). The SMILES string of the molecule is COc1ccc(C2=CC(C(C)(C)C)=CC2)c(C(C)=O)c1. The van der Waals surface area contributed by atoms with Crippen LogP contribution < -0.4 is 4.74 Å². The van der Waals surface area contributed by atoms with Crippen LogP contribution in [-0.2, 0) is 0 Å². The Balaban J connectivity index is 2.43. The topological polar surface area (TPSA) is 26.3 Å². The van der Waals surface area contributed by atoms with Crippen molar-refractivity contribution in [3.05, 3.63) is 47.1 Å². The molecule has 1 aromatic carbocycles. The molecule has 0 radical (unpaired) electrons. The van der Waals surface area contributed by atoms with Crippen LogP contribution in [0.25, 0.3) is 5.57 Å². The average molecular weight is 270 g/mol. The van der Waals surface area contributed by atoms with Crippen LogP contribution in [0.3, 0.4) is 0 Å². The van der Waals surface area contributed by atoms with E-state index in [1.807, 2.05) is 18.2 Å². The number of rotatable bonds is 3. The summed E-state index contributed by atoms with van der Waals surface area (Å²) >= 11 is 0. The Kier molecular flexibility index (Phi) is 3.85. The van der Waals surface area contributed by atoms with E-state index in [0.29, 0.717) is 0 Å². The number of carbonyl (C=O) groups is 1. The van der Waals surface area contributed by atoms with Gasteiger partial charge in [0.2, 0.25) is 0 Å². The van der Waals surface area contributed by atoms with Gasteiger partial charge in [-0.15, -0.1) is 0 Å². The summed E-state index contributed by atoms with van der Waals surface area (Å²) in [5.41, 5.74) is 4.44. The minimum atomic E-state index is 0.0732. The Morgan fingerprint density at radius 2 is 1.95 bits per heavy atom. The quantitative estimate of drug-likeness (QED) is 0.747. The number of hydrogen-bond acceptors (Lipinski definition) is 2. The Morgan fingerprint density at radius 3 is 2.45 bits per heavy atom. The van der Waals surface area contributed by atoms with Crippen molar-refractivity contribution < 1.29 is 9.53 Å². The third kappa shape index (κ3) is 2.84. The fourth-order valence-corrected chi connectivity index (χ4v) is 2.46. The molecule has 0 aliphatic heterocycles. The highest BCUT2D eigenvalue weighted by atomic mass is 16.5. The molecule has 0 saturated heterocycles. The highest BCUT2D eigenvalue weighted by Crippen LogP contribution is 2.37. The second-order valence-corrected chi connectivity index (χ2v) is 6.25. The van der Waals surface area contributed by atoms with Gasteiger partial charge in [-0.2, -0.15) is 0 Å². The molecule has 2 heteroatoms. The van der Waals surface area contributed by atoms with Gasteiger partial charge >= 0.3 is 0 Å². The first kappa shape index (κ1) is 14.6. The van der Waals surface area contributed by atoms with E-state index in [9.17, 15) is 4.79 Å². The van der Waals surface area contributed by atoms with Gasteiger partial charge in [0.25, 0.3) is 0 Å². The van der Waals surface area contributed by atoms with Crippen molar-refractivity contribution in [1.29, 1.82) is 0 Å². The maximum Gasteiger partial charge on any atom is 0.160 e. The fourth-order valence-electron chi connectivity index (χ4n) is 2.46. The lowest BCUT2D eigenvalue weighted by Gasteiger charge is -2.18. The lowest BCUT2D eigenvalue weighted by atomic mass is 9.87. The maximum atomic E-state index is 11.9. The largest absolute Gasteiger partial charge is 0.497 e. The van der Waals surface area contributed by atoms with Gasteiger partial charge in [0.1, 0.15) is 5.75 Å². The predicted molar refractivity (Wildman–Crippen MR) is 83.1 cm³/mol. The van der Waals surface area contributed by atoms with Gasteiger partial charge in [-0.1, -0.05) is 39.0 Å². The van der Waals surface area contributed by atoms with Crippen molar-refractivity contribution in [2.75, 3.05) is 7.11 Å². The number of Topliss-reactive ketones (excluding diaryl/α,β-unsaturated/α-hetero) is 1. The van der Waals surface area contributed by atoms with Crippen molar-refractivity contribution >= 4 is 11.4 Å². The Morgan fingerprint density at radius 1 is 1.25 bits per heavy atom. The Hall–Kier alpha value is -1.83. The average Bonchev–Trinajstić information content (AvgIpc) is 2.87. The summed E-state index contributed by atoms with van der Waals surface area (Å²) in [6, 6.07) is 5.73. The number of allylic oxidation sites excluding steroid dienone is 4. The van der Waals surface area contributed by atoms with E-state index in [0.717, 1.165) is 23.3 Å². The number of ketones is 1. The summed E-state index contributed by atoms with van der Waals surface area (Å²) in [6.45, 7) is 8.22. The monoisotopic (exact) mass is 270 g/mol. The van der Waals surface area contributed by atoms with E-state index >= 15 is 0 Å².